The molecule has 20 heteroatoms. The second-order valence-electron chi connectivity index (χ2n) is 14.4. The summed E-state index contributed by atoms with van der Waals surface area (Å²) in [6.45, 7) is 0.148. The van der Waals surface area contributed by atoms with E-state index in [1.165, 1.54) is 36.1 Å². The van der Waals surface area contributed by atoms with Gasteiger partial charge < -0.3 is 58.3 Å². The van der Waals surface area contributed by atoms with E-state index in [1.807, 2.05) is 0 Å². The zero-order chi connectivity index (χ0) is 44.6. The minimum Gasteiger partial charge on any atom is -0.508 e. The predicted octanol–water partition coefficient (Wildman–Crippen LogP) is -1.27. The lowest BCUT2D eigenvalue weighted by molar-refractivity contribution is -0.142. The van der Waals surface area contributed by atoms with Crippen molar-refractivity contribution >= 4 is 64.4 Å². The van der Waals surface area contributed by atoms with Crippen molar-refractivity contribution < 1.29 is 48.9 Å². The number of nitrogens with zero attached hydrogens (tertiary/aromatic N) is 2. The Morgan fingerprint density at radius 3 is 1.89 bits per heavy atom. The zero-order valence-corrected chi connectivity index (χ0v) is 34.0. The minimum atomic E-state index is -1.37. The van der Waals surface area contributed by atoms with Crippen LogP contribution in [0.4, 0.5) is 5.69 Å². The van der Waals surface area contributed by atoms with Gasteiger partial charge in [0.25, 0.3) is 0 Å². The molecular formula is C41H49N9O10S. The molecule has 1 fully saturated rings. The fourth-order valence-electron chi connectivity index (χ4n) is 6.45. The van der Waals surface area contributed by atoms with Crippen molar-refractivity contribution in [1.29, 1.82) is 0 Å². The molecule has 3 aromatic rings. The first-order valence-corrected chi connectivity index (χ1v) is 19.7. The van der Waals surface area contributed by atoms with Gasteiger partial charge in [-0.3, -0.25) is 33.6 Å². The summed E-state index contributed by atoms with van der Waals surface area (Å²) in [5.74, 6) is -5.26. The van der Waals surface area contributed by atoms with E-state index in [0.717, 1.165) is 0 Å². The minimum absolute atomic E-state index is 0.0328. The van der Waals surface area contributed by atoms with Crippen LogP contribution in [0.25, 0.3) is 0 Å². The molecule has 19 nitrogen and oxygen atoms in total. The summed E-state index contributed by atoms with van der Waals surface area (Å²) >= 11 is 4.66. The van der Waals surface area contributed by atoms with E-state index in [9.17, 15) is 48.9 Å². The number of hydrogen-bond donors (Lipinski definition) is 10. The van der Waals surface area contributed by atoms with Gasteiger partial charge in [-0.05, 0) is 91.5 Å². The number of primary amides is 1. The Kier molecular flexibility index (Phi) is 17.4. The fourth-order valence-corrected chi connectivity index (χ4v) is 6.55. The van der Waals surface area contributed by atoms with E-state index in [4.69, 9.17) is 11.5 Å². The third-order valence-electron chi connectivity index (χ3n) is 9.78. The number of carbonyl (C=O) groups is 7. The Labute approximate surface area is 356 Å². The first kappa shape index (κ1) is 47.0. The van der Waals surface area contributed by atoms with E-state index < -0.39 is 90.8 Å². The van der Waals surface area contributed by atoms with Gasteiger partial charge in [0.2, 0.25) is 41.4 Å². The predicted molar refractivity (Wildman–Crippen MR) is 224 cm³/mol. The number of isothiocyanates is 1. The lowest BCUT2D eigenvalue weighted by Crippen LogP contribution is -2.58. The van der Waals surface area contributed by atoms with Crippen LogP contribution >= 0.6 is 12.2 Å². The van der Waals surface area contributed by atoms with Crippen molar-refractivity contribution in [3.63, 3.8) is 0 Å². The lowest BCUT2D eigenvalue weighted by atomic mass is 10.0. The number of rotatable bonds is 20. The molecule has 4 rings (SSSR count). The zero-order valence-electron chi connectivity index (χ0n) is 33.2. The first-order valence-electron chi connectivity index (χ1n) is 19.3. The second kappa shape index (κ2) is 22.6. The molecule has 0 spiro atoms. The van der Waals surface area contributed by atoms with Crippen LogP contribution in [-0.2, 0) is 52.8 Å². The van der Waals surface area contributed by atoms with Gasteiger partial charge in [0.05, 0.1) is 30.0 Å². The van der Waals surface area contributed by atoms with Crippen LogP contribution in [0.1, 0.15) is 36.5 Å². The summed E-state index contributed by atoms with van der Waals surface area (Å²) in [5, 5.41) is 43.7. The number of aliphatic hydroxyl groups is 1. The molecule has 3 aromatic carbocycles. The summed E-state index contributed by atoms with van der Waals surface area (Å²) in [5.41, 5.74) is 13.6. The maximum absolute atomic E-state index is 14.0. The van der Waals surface area contributed by atoms with Crippen molar-refractivity contribution in [3.05, 3.63) is 89.5 Å². The third kappa shape index (κ3) is 14.2. The van der Waals surface area contributed by atoms with Gasteiger partial charge in [0, 0.05) is 19.4 Å². The Balaban J connectivity index is 1.46. The summed E-state index contributed by atoms with van der Waals surface area (Å²) < 4.78 is 0. The molecule has 0 radical (unpaired) electrons. The molecule has 7 amide bonds. The number of thiocarbonyl (C=S) groups is 1. The van der Waals surface area contributed by atoms with E-state index in [2.05, 4.69) is 49.0 Å². The number of phenols is 2. The normalized spacial score (nSPS) is 15.7. The SMILES string of the molecule is C[C@@H](NC(=O)[C@@H](N)Cc1ccc(O)cc1)C(=O)N[C@@H](Cc1ccc(N=C=S)cc1)C(=O)NCC(=O)N[C@@H](Cc1ccc(O)cc1)C(=O)N1CCC[C@H]1C(=O)N[C@@H](CO)C(N)=O. The highest BCUT2D eigenvalue weighted by molar-refractivity contribution is 7.78. The Bertz CT molecular complexity index is 2100. The topological polar surface area (TPSA) is 308 Å². The smallest absolute Gasteiger partial charge is 0.246 e. The summed E-state index contributed by atoms with van der Waals surface area (Å²) in [6, 6.07) is 11.4. The number of phenolic OH excluding ortho intramolecular Hbond substituents is 2. The summed E-state index contributed by atoms with van der Waals surface area (Å²) in [4.78, 5) is 97.4. The van der Waals surface area contributed by atoms with Crippen LogP contribution in [0.3, 0.4) is 0 Å². The monoisotopic (exact) mass is 859 g/mol. The molecule has 0 aliphatic carbocycles. The number of benzene rings is 3. The van der Waals surface area contributed by atoms with Crippen molar-refractivity contribution in [2.24, 2.45) is 16.5 Å². The number of aliphatic imine (C=N–C) groups is 1. The standard InChI is InChI=1S/C41H49N9O10S/c1-23(46-38(57)30(42)17-24-6-12-28(52)13-7-24)37(56)48-31(18-25-4-10-27(11-5-25)45-22-61)39(58)44-20-35(54)47-32(19-26-8-14-29(53)15-9-26)41(60)50-16-2-3-34(50)40(59)49-33(21-51)36(43)55/h4-15,23,30-34,51-53H,2-3,16-21,42H2,1H3,(H2,43,55)(H,44,58)(H,46,57)(H,47,54)(H,48,56)(H,49,59)/t23-,30+,31+,32+,33+,34+/m1/s1. The highest BCUT2D eigenvalue weighted by Gasteiger charge is 2.39. The van der Waals surface area contributed by atoms with Gasteiger partial charge in [-0.25, -0.2) is 0 Å². The van der Waals surface area contributed by atoms with Crippen molar-refractivity contribution in [1.82, 2.24) is 31.5 Å². The molecule has 324 valence electrons. The molecule has 12 N–H and O–H groups in total. The number of aromatic hydroxyl groups is 2. The van der Waals surface area contributed by atoms with E-state index in [0.29, 0.717) is 28.8 Å². The highest BCUT2D eigenvalue weighted by Crippen LogP contribution is 2.21. The Morgan fingerprint density at radius 1 is 0.770 bits per heavy atom. The number of amides is 7. The molecule has 1 aliphatic rings. The largest absolute Gasteiger partial charge is 0.508 e. The first-order chi connectivity index (χ1) is 29.1. The quantitative estimate of drug-likeness (QED) is 0.0470. The van der Waals surface area contributed by atoms with E-state index in [-0.39, 0.29) is 43.7 Å². The van der Waals surface area contributed by atoms with Crippen molar-refractivity contribution in [2.75, 3.05) is 19.7 Å². The molecular weight excluding hydrogens is 811 g/mol. The third-order valence-corrected chi connectivity index (χ3v) is 9.87. The van der Waals surface area contributed by atoms with Crippen LogP contribution in [0, 0.1) is 0 Å². The molecule has 0 unspecified atom stereocenters. The number of carbonyl (C=O) groups excluding carboxylic acids is 7. The maximum atomic E-state index is 14.0. The summed E-state index contributed by atoms with van der Waals surface area (Å²) in [7, 11) is 0. The molecule has 1 aliphatic heterocycles. The van der Waals surface area contributed by atoms with Gasteiger partial charge in [-0.2, -0.15) is 4.99 Å². The number of likely N-dealkylation sites (tertiary alicyclic amines) is 1. The fraction of sp³-hybridized carbons (Fsp3) is 0.366. The van der Waals surface area contributed by atoms with Crippen LogP contribution in [0.2, 0.25) is 0 Å². The number of nitrogens with two attached hydrogens (primary N) is 2. The van der Waals surface area contributed by atoms with E-state index >= 15 is 0 Å². The van der Waals surface area contributed by atoms with Crippen LogP contribution in [0.15, 0.2) is 77.8 Å². The Morgan fingerprint density at radius 2 is 1.33 bits per heavy atom. The number of hydrogen-bond acceptors (Lipinski definition) is 13. The van der Waals surface area contributed by atoms with Gasteiger partial charge in [-0.15, -0.1) is 0 Å². The molecule has 61 heavy (non-hydrogen) atoms. The summed E-state index contributed by atoms with van der Waals surface area (Å²) in [6.07, 6.45) is 0.636. The van der Waals surface area contributed by atoms with E-state index in [1.54, 1.807) is 48.5 Å². The molecule has 0 aromatic heterocycles. The van der Waals surface area contributed by atoms with Gasteiger partial charge >= 0.3 is 0 Å². The average Bonchev–Trinajstić information content (AvgIpc) is 3.73. The molecule has 0 saturated carbocycles. The molecule has 0 bridgehead atoms. The molecule has 6 atom stereocenters. The Hall–Kier alpha value is -6.73. The molecule has 1 saturated heterocycles. The average molecular weight is 860 g/mol. The highest BCUT2D eigenvalue weighted by atomic mass is 32.1. The lowest BCUT2D eigenvalue weighted by Gasteiger charge is -2.29. The van der Waals surface area contributed by atoms with Gasteiger partial charge in [-0.1, -0.05) is 36.4 Å². The van der Waals surface area contributed by atoms with Crippen LogP contribution < -0.4 is 38.1 Å². The van der Waals surface area contributed by atoms with Crippen LogP contribution in [0.5, 0.6) is 11.5 Å². The molecule has 1 heterocycles. The second-order valence-corrected chi connectivity index (χ2v) is 14.6. The van der Waals surface area contributed by atoms with Crippen molar-refractivity contribution in [2.45, 2.75) is 75.3 Å². The van der Waals surface area contributed by atoms with Crippen LogP contribution in [-0.4, -0.2) is 123 Å². The van der Waals surface area contributed by atoms with Gasteiger partial charge in [0.15, 0.2) is 0 Å². The number of aliphatic hydroxyl groups excluding tert-OH is 1. The number of nitrogens with one attached hydrogen (secondary N) is 5. The van der Waals surface area contributed by atoms with Gasteiger partial charge in [0.1, 0.15) is 41.7 Å². The maximum Gasteiger partial charge on any atom is 0.246 e. The van der Waals surface area contributed by atoms with Crippen molar-refractivity contribution in [3.8, 4) is 11.5 Å².